The Morgan fingerprint density at radius 1 is 1.26 bits per heavy atom. The first kappa shape index (κ1) is 22.2. The van der Waals surface area contributed by atoms with Crippen LogP contribution in [-0.2, 0) is 0 Å². The second-order valence-corrected chi connectivity index (χ2v) is 10.4. The quantitative estimate of drug-likeness (QED) is 0.391. The van der Waals surface area contributed by atoms with Crippen molar-refractivity contribution < 1.29 is 9.90 Å². The first-order valence-electron chi connectivity index (χ1n) is 11.8. The highest BCUT2D eigenvalue weighted by atomic mass is 16.4. The molecule has 0 bridgehead atoms. The van der Waals surface area contributed by atoms with E-state index in [1.165, 1.54) is 0 Å². The van der Waals surface area contributed by atoms with E-state index >= 15 is 0 Å². The summed E-state index contributed by atoms with van der Waals surface area (Å²) in [5.41, 5.74) is 0.714. The highest BCUT2D eigenvalue weighted by molar-refractivity contribution is 6.10. The van der Waals surface area contributed by atoms with Gasteiger partial charge in [0.15, 0.2) is 0 Å². The van der Waals surface area contributed by atoms with Crippen LogP contribution in [0, 0.1) is 23.2 Å². The number of likely N-dealkylation sites (tertiary alicyclic amines) is 1. The topological polar surface area (TPSA) is 111 Å². The fourth-order valence-corrected chi connectivity index (χ4v) is 5.08. The summed E-state index contributed by atoms with van der Waals surface area (Å²) in [7, 11) is 0. The number of nitrogens with one attached hydrogen (secondary N) is 2. The molecule has 5 rings (SSSR count). The van der Waals surface area contributed by atoms with Crippen molar-refractivity contribution in [2.24, 2.45) is 11.3 Å². The maximum atomic E-state index is 12.8. The van der Waals surface area contributed by atoms with Crippen molar-refractivity contribution in [2.45, 2.75) is 58.5 Å². The summed E-state index contributed by atoms with van der Waals surface area (Å²) < 4.78 is 0. The van der Waals surface area contributed by atoms with Gasteiger partial charge in [0, 0.05) is 47.9 Å². The molecule has 1 saturated heterocycles. The van der Waals surface area contributed by atoms with Gasteiger partial charge < -0.3 is 20.3 Å². The minimum Gasteiger partial charge on any atom is -0.465 e. The van der Waals surface area contributed by atoms with E-state index in [0.29, 0.717) is 40.1 Å². The lowest BCUT2D eigenvalue weighted by Crippen LogP contribution is -2.58. The number of amides is 1. The number of anilines is 1. The van der Waals surface area contributed by atoms with Gasteiger partial charge >= 0.3 is 6.09 Å². The van der Waals surface area contributed by atoms with Crippen molar-refractivity contribution in [2.75, 3.05) is 11.9 Å². The molecule has 3 aromatic rings. The van der Waals surface area contributed by atoms with Crippen LogP contribution in [0.3, 0.4) is 0 Å². The minimum atomic E-state index is -0.906. The number of pyridine rings is 3. The number of aromatic nitrogens is 3. The molecule has 1 aliphatic carbocycles. The van der Waals surface area contributed by atoms with Gasteiger partial charge in [-0.2, -0.15) is 0 Å². The Morgan fingerprint density at radius 2 is 2.06 bits per heavy atom. The number of hydrogen-bond donors (Lipinski definition) is 3. The minimum absolute atomic E-state index is 0.130. The van der Waals surface area contributed by atoms with Crippen LogP contribution < -0.4 is 10.9 Å². The van der Waals surface area contributed by atoms with Gasteiger partial charge in [0.1, 0.15) is 5.82 Å². The van der Waals surface area contributed by atoms with Crippen molar-refractivity contribution in [1.29, 1.82) is 0 Å². The molecule has 0 radical (unpaired) electrons. The van der Waals surface area contributed by atoms with Gasteiger partial charge in [-0.3, -0.25) is 9.78 Å². The number of H-pyrrole nitrogens is 1. The summed E-state index contributed by atoms with van der Waals surface area (Å²) in [4.78, 5) is 38.4. The standard InChI is InChI=1S/C26H29N5O3/c1-26(2,3)22-19(5-4-12-31(22)25(33)34)29-23-17-10-11-27-14-18(17)20-21(30-23)16(13-28-24(20)32)9-8-15-6-7-15/h10-11,13-15,19,22H,4-7,12H2,1-3H3,(H,28,32)(H,29,30)(H,33,34)/t19-,22?/m0/s1. The Kier molecular flexibility index (Phi) is 5.43. The zero-order chi connectivity index (χ0) is 24.0. The molecule has 2 fully saturated rings. The van der Waals surface area contributed by atoms with E-state index in [-0.39, 0.29) is 23.1 Å². The highest BCUT2D eigenvalue weighted by Gasteiger charge is 2.42. The van der Waals surface area contributed by atoms with Gasteiger partial charge in [0.05, 0.1) is 22.5 Å². The van der Waals surface area contributed by atoms with Gasteiger partial charge in [-0.15, -0.1) is 0 Å². The maximum absolute atomic E-state index is 12.8. The van der Waals surface area contributed by atoms with Crippen LogP contribution in [0.5, 0.6) is 0 Å². The molecular formula is C26H29N5O3. The number of rotatable bonds is 2. The molecule has 8 heteroatoms. The van der Waals surface area contributed by atoms with Crippen molar-refractivity contribution in [3.05, 3.63) is 40.6 Å². The average molecular weight is 460 g/mol. The monoisotopic (exact) mass is 459 g/mol. The fourth-order valence-electron chi connectivity index (χ4n) is 5.08. The molecule has 1 aliphatic heterocycles. The summed E-state index contributed by atoms with van der Waals surface area (Å²) in [5.74, 6) is 7.51. The molecule has 8 nitrogen and oxygen atoms in total. The van der Waals surface area contributed by atoms with Crippen molar-refractivity contribution in [3.8, 4) is 11.8 Å². The fraction of sp³-hybridized carbons (Fsp3) is 0.462. The molecule has 2 atom stereocenters. The molecule has 0 aromatic carbocycles. The summed E-state index contributed by atoms with van der Waals surface area (Å²) in [6.45, 7) is 6.71. The van der Waals surface area contributed by atoms with Crippen molar-refractivity contribution in [3.63, 3.8) is 0 Å². The summed E-state index contributed by atoms with van der Waals surface area (Å²) >= 11 is 0. The van der Waals surface area contributed by atoms with E-state index in [1.54, 1.807) is 23.5 Å². The van der Waals surface area contributed by atoms with E-state index in [0.717, 1.165) is 31.1 Å². The van der Waals surface area contributed by atoms with E-state index in [2.05, 4.69) is 47.9 Å². The molecule has 1 unspecified atom stereocenters. The lowest BCUT2D eigenvalue weighted by molar-refractivity contribution is 0.0519. The molecule has 1 amide bonds. The molecule has 34 heavy (non-hydrogen) atoms. The number of hydrogen-bond acceptors (Lipinski definition) is 5. The van der Waals surface area contributed by atoms with Crippen molar-refractivity contribution >= 4 is 33.6 Å². The first-order valence-corrected chi connectivity index (χ1v) is 11.8. The van der Waals surface area contributed by atoms with Gasteiger partial charge in [-0.25, -0.2) is 9.78 Å². The van der Waals surface area contributed by atoms with Gasteiger partial charge in [-0.1, -0.05) is 32.6 Å². The Labute approximate surface area is 197 Å². The zero-order valence-corrected chi connectivity index (χ0v) is 19.7. The predicted molar refractivity (Wildman–Crippen MR) is 132 cm³/mol. The number of fused-ring (bicyclic) bond motifs is 3. The number of carbonyl (C=O) groups is 1. The lowest BCUT2D eigenvalue weighted by atomic mass is 9.77. The summed E-state index contributed by atoms with van der Waals surface area (Å²) in [6.07, 6.45) is 7.89. The Bertz CT molecular complexity index is 1390. The third-order valence-electron chi connectivity index (χ3n) is 6.71. The van der Waals surface area contributed by atoms with E-state index in [9.17, 15) is 14.7 Å². The molecule has 3 aromatic heterocycles. The SMILES string of the molecule is CC(C)(C)C1[C@@H](Nc2nc3c(C#CC4CC4)c[nH]c(=O)c3c3cnccc23)CCCN1C(=O)O. The molecule has 0 spiro atoms. The molecule has 176 valence electrons. The van der Waals surface area contributed by atoms with E-state index < -0.39 is 6.09 Å². The van der Waals surface area contributed by atoms with Crippen LogP contribution >= 0.6 is 0 Å². The second kappa shape index (κ2) is 8.32. The van der Waals surface area contributed by atoms with Gasteiger partial charge in [0.25, 0.3) is 5.56 Å². The Morgan fingerprint density at radius 3 is 2.76 bits per heavy atom. The number of piperidine rings is 1. The molecule has 1 saturated carbocycles. The average Bonchev–Trinajstić information content (AvgIpc) is 3.62. The predicted octanol–water partition coefficient (Wildman–Crippen LogP) is 4.20. The van der Waals surface area contributed by atoms with Crippen LogP contribution in [0.4, 0.5) is 10.6 Å². The van der Waals surface area contributed by atoms with Crippen LogP contribution in [0.25, 0.3) is 21.7 Å². The second-order valence-electron chi connectivity index (χ2n) is 10.4. The van der Waals surface area contributed by atoms with Crippen LogP contribution in [-0.4, -0.2) is 49.7 Å². The largest absolute Gasteiger partial charge is 0.465 e. The van der Waals surface area contributed by atoms with Gasteiger partial charge in [0.2, 0.25) is 0 Å². The van der Waals surface area contributed by atoms with E-state index in [1.807, 2.05) is 6.07 Å². The third-order valence-corrected chi connectivity index (χ3v) is 6.71. The molecule has 4 heterocycles. The molecule has 3 N–H and O–H groups in total. The Balaban J connectivity index is 1.67. The highest BCUT2D eigenvalue weighted by Crippen LogP contribution is 2.36. The Hall–Kier alpha value is -3.60. The van der Waals surface area contributed by atoms with Crippen molar-refractivity contribution in [1.82, 2.24) is 19.9 Å². The number of nitrogens with zero attached hydrogens (tertiary/aromatic N) is 3. The maximum Gasteiger partial charge on any atom is 0.407 e. The van der Waals surface area contributed by atoms with Crippen LogP contribution in [0.2, 0.25) is 0 Å². The lowest BCUT2D eigenvalue weighted by Gasteiger charge is -2.47. The molecular weight excluding hydrogens is 430 g/mol. The smallest absolute Gasteiger partial charge is 0.407 e. The third kappa shape index (κ3) is 4.07. The normalized spacial score (nSPS) is 20.7. The van der Waals surface area contributed by atoms with Gasteiger partial charge in [-0.05, 0) is 37.2 Å². The first-order chi connectivity index (χ1) is 16.2. The van der Waals surface area contributed by atoms with Crippen LogP contribution in [0.15, 0.2) is 29.5 Å². The van der Waals surface area contributed by atoms with E-state index in [4.69, 9.17) is 4.98 Å². The number of carboxylic acid groups (broad SMARTS) is 1. The summed E-state index contributed by atoms with van der Waals surface area (Å²) in [6, 6.07) is 1.48. The van der Waals surface area contributed by atoms with Crippen LogP contribution in [0.1, 0.15) is 52.0 Å². The molecule has 2 aliphatic rings. The summed E-state index contributed by atoms with van der Waals surface area (Å²) in [5, 5.41) is 15.4. The number of aromatic amines is 1. The zero-order valence-electron chi connectivity index (χ0n) is 19.7.